The second-order valence-electron chi connectivity index (χ2n) is 6.50. The maximum Gasteiger partial charge on any atom is 0.0534 e. The van der Waals surface area contributed by atoms with Gasteiger partial charge in [0, 0.05) is 0 Å². The monoisotopic (exact) mass is 200 g/mol. The molecular weight excluding hydrogens is 176 g/mol. The molecule has 1 saturated heterocycles. The summed E-state index contributed by atoms with van der Waals surface area (Å²) in [7, 11) is -1.96. The van der Waals surface area contributed by atoms with Crippen LogP contribution in [0.25, 0.3) is 0 Å². The number of hydrogen-bond donors (Lipinski definition) is 0. The smallest absolute Gasteiger partial charge is 0.0534 e. The van der Waals surface area contributed by atoms with Crippen LogP contribution in [0.5, 0.6) is 0 Å². The van der Waals surface area contributed by atoms with Crippen molar-refractivity contribution in [2.75, 3.05) is 0 Å². The molecule has 1 fully saturated rings. The zero-order chi connectivity index (χ0) is 10.0. The highest BCUT2D eigenvalue weighted by atomic mass is 28.5. The fourth-order valence-electron chi connectivity index (χ4n) is 3.06. The summed E-state index contributed by atoms with van der Waals surface area (Å²) in [4.78, 5) is 0. The Morgan fingerprint density at radius 2 is 0.750 bits per heavy atom. The molecule has 1 aliphatic rings. The van der Waals surface area contributed by atoms with Gasteiger partial charge in [-0.1, -0.05) is 53.9 Å². The molecule has 0 nitrogen and oxygen atoms in total. The average molecular weight is 200 g/mol. The summed E-state index contributed by atoms with van der Waals surface area (Å²) in [6.07, 6.45) is 0. The summed E-state index contributed by atoms with van der Waals surface area (Å²) in [5, 5.41) is 0. The van der Waals surface area contributed by atoms with E-state index in [0.29, 0.717) is 0 Å². The van der Waals surface area contributed by atoms with Crippen molar-refractivity contribution >= 4 is 16.1 Å². The van der Waals surface area contributed by atoms with E-state index in [4.69, 9.17) is 0 Å². The lowest BCUT2D eigenvalue weighted by molar-refractivity contribution is 0.648. The first-order valence-corrected chi connectivity index (χ1v) is 11.0. The highest BCUT2D eigenvalue weighted by Crippen LogP contribution is 2.73. The maximum absolute atomic E-state index is 2.57. The van der Waals surface area contributed by atoms with Crippen LogP contribution in [0.15, 0.2) is 0 Å². The van der Waals surface area contributed by atoms with E-state index in [2.05, 4.69) is 53.9 Å². The minimum atomic E-state index is -0.980. The summed E-state index contributed by atoms with van der Waals surface area (Å²) < 4.78 is 1.45. The molecule has 0 aliphatic carbocycles. The van der Waals surface area contributed by atoms with Crippen LogP contribution in [0.2, 0.25) is 35.5 Å². The largest absolute Gasteiger partial charge is 0.0690 e. The van der Waals surface area contributed by atoms with Gasteiger partial charge in [0.15, 0.2) is 0 Å². The van der Waals surface area contributed by atoms with Gasteiger partial charge in [0.05, 0.1) is 16.1 Å². The van der Waals surface area contributed by atoms with E-state index in [1.807, 2.05) is 0 Å². The highest BCUT2D eigenvalue weighted by molar-refractivity contribution is 7.19. The van der Waals surface area contributed by atoms with Crippen molar-refractivity contribution in [2.45, 2.75) is 63.2 Å². The predicted molar refractivity (Wildman–Crippen MR) is 63.0 cm³/mol. The molecule has 0 aromatic rings. The van der Waals surface area contributed by atoms with Gasteiger partial charge in [-0.2, -0.15) is 0 Å². The summed E-state index contributed by atoms with van der Waals surface area (Å²) in [6.45, 7) is 20.4. The second-order valence-corrected chi connectivity index (χ2v) is 19.0. The molecular formula is C10H24Si2. The minimum Gasteiger partial charge on any atom is -0.0690 e. The van der Waals surface area contributed by atoms with E-state index in [1.54, 1.807) is 0 Å². The van der Waals surface area contributed by atoms with Gasteiger partial charge in [-0.3, -0.25) is 0 Å². The van der Waals surface area contributed by atoms with Crippen LogP contribution in [-0.4, -0.2) is 16.1 Å². The standard InChI is InChI=1S/C10H24Si2/c1-9(2)11(5,6)10(3,4)12(9,7)8/h1-8H3. The lowest BCUT2D eigenvalue weighted by Gasteiger charge is -2.74. The molecule has 1 heterocycles. The molecule has 0 spiro atoms. The van der Waals surface area contributed by atoms with Crippen molar-refractivity contribution in [3.05, 3.63) is 0 Å². The molecule has 0 amide bonds. The predicted octanol–water partition coefficient (Wildman–Crippen LogP) is 4.06. The molecule has 0 aromatic heterocycles. The highest BCUT2D eigenvalue weighted by Gasteiger charge is 2.73. The minimum absolute atomic E-state index is 0.726. The topological polar surface area (TPSA) is 0 Å². The Kier molecular flexibility index (Phi) is 1.83. The third-order valence-corrected chi connectivity index (χ3v) is 26.2. The van der Waals surface area contributed by atoms with Crippen LogP contribution in [0.1, 0.15) is 27.7 Å². The Morgan fingerprint density at radius 1 is 0.583 bits per heavy atom. The van der Waals surface area contributed by atoms with Gasteiger partial charge >= 0.3 is 0 Å². The fourth-order valence-corrected chi connectivity index (χ4v) is 21.6. The summed E-state index contributed by atoms with van der Waals surface area (Å²) in [6, 6.07) is 0. The average Bonchev–Trinajstić information content (AvgIpc) is 1.84. The lowest BCUT2D eigenvalue weighted by atomic mass is 10.5. The van der Waals surface area contributed by atoms with Crippen LogP contribution in [-0.2, 0) is 0 Å². The van der Waals surface area contributed by atoms with Crippen LogP contribution in [0.4, 0.5) is 0 Å². The Hall–Kier alpha value is 0.434. The van der Waals surface area contributed by atoms with Crippen molar-refractivity contribution in [1.29, 1.82) is 0 Å². The Morgan fingerprint density at radius 3 is 0.833 bits per heavy atom. The molecule has 0 atom stereocenters. The zero-order valence-corrected chi connectivity index (χ0v) is 12.0. The van der Waals surface area contributed by atoms with Crippen LogP contribution in [0, 0.1) is 0 Å². The first-order chi connectivity index (χ1) is 5.00. The van der Waals surface area contributed by atoms with E-state index in [-0.39, 0.29) is 0 Å². The first kappa shape index (κ1) is 10.5. The molecule has 2 heteroatoms. The van der Waals surface area contributed by atoms with Gasteiger partial charge in [-0.15, -0.1) is 0 Å². The van der Waals surface area contributed by atoms with Crippen molar-refractivity contribution in [1.82, 2.24) is 0 Å². The van der Waals surface area contributed by atoms with Gasteiger partial charge in [-0.05, 0) is 9.32 Å². The molecule has 12 heavy (non-hydrogen) atoms. The molecule has 1 aliphatic heterocycles. The van der Waals surface area contributed by atoms with Gasteiger partial charge in [-0.25, -0.2) is 0 Å². The molecule has 0 radical (unpaired) electrons. The normalized spacial score (nSPS) is 34.0. The molecule has 0 N–H and O–H groups in total. The third kappa shape index (κ3) is 0.700. The Labute approximate surface area is 79.8 Å². The number of rotatable bonds is 0. The van der Waals surface area contributed by atoms with E-state index in [9.17, 15) is 0 Å². The number of hydrogen-bond acceptors (Lipinski definition) is 0. The van der Waals surface area contributed by atoms with Gasteiger partial charge in [0.2, 0.25) is 0 Å². The molecule has 0 bridgehead atoms. The van der Waals surface area contributed by atoms with E-state index >= 15 is 0 Å². The van der Waals surface area contributed by atoms with Crippen molar-refractivity contribution in [3.63, 3.8) is 0 Å². The quantitative estimate of drug-likeness (QED) is 0.517. The molecule has 72 valence electrons. The van der Waals surface area contributed by atoms with Gasteiger partial charge in [0.1, 0.15) is 0 Å². The van der Waals surface area contributed by atoms with Gasteiger partial charge < -0.3 is 0 Å². The molecule has 0 unspecified atom stereocenters. The second kappa shape index (κ2) is 2.08. The van der Waals surface area contributed by atoms with Crippen molar-refractivity contribution in [2.24, 2.45) is 0 Å². The molecule has 0 saturated carbocycles. The Balaban J connectivity index is 3.16. The van der Waals surface area contributed by atoms with Crippen LogP contribution < -0.4 is 0 Å². The third-order valence-electron chi connectivity index (χ3n) is 6.25. The van der Waals surface area contributed by atoms with Crippen molar-refractivity contribution < 1.29 is 0 Å². The maximum atomic E-state index is 2.57. The SMILES string of the molecule is CC1(C)[Si](C)(C)C(C)(C)[Si]1(C)C. The van der Waals surface area contributed by atoms with E-state index in [1.165, 1.54) is 0 Å². The summed E-state index contributed by atoms with van der Waals surface area (Å²) in [5.41, 5.74) is 0. The first-order valence-electron chi connectivity index (χ1n) is 5.00. The van der Waals surface area contributed by atoms with Crippen LogP contribution >= 0.6 is 0 Å². The summed E-state index contributed by atoms with van der Waals surface area (Å²) in [5.74, 6) is 0. The lowest BCUT2D eigenvalue weighted by Crippen LogP contribution is -2.78. The van der Waals surface area contributed by atoms with Gasteiger partial charge in [0.25, 0.3) is 0 Å². The molecule has 1 rings (SSSR count). The zero-order valence-electron chi connectivity index (χ0n) is 10.0. The van der Waals surface area contributed by atoms with E-state index in [0.717, 1.165) is 9.32 Å². The van der Waals surface area contributed by atoms with E-state index < -0.39 is 16.1 Å². The molecule has 0 aromatic carbocycles. The fraction of sp³-hybridized carbons (Fsp3) is 1.00. The summed E-state index contributed by atoms with van der Waals surface area (Å²) >= 11 is 0. The Bertz CT molecular complexity index is 148. The van der Waals surface area contributed by atoms with Crippen LogP contribution in [0.3, 0.4) is 0 Å². The van der Waals surface area contributed by atoms with Crippen molar-refractivity contribution in [3.8, 4) is 0 Å².